The molecule has 23 heavy (non-hydrogen) atoms. The third kappa shape index (κ3) is 5.64. The smallest absolute Gasteiger partial charge is 0.250 e. The lowest BCUT2D eigenvalue weighted by molar-refractivity contribution is -0.130. The normalized spacial score (nSPS) is 18.4. The molecule has 2 unspecified atom stereocenters. The average Bonchev–Trinajstić information content (AvgIpc) is 2.54. The second kappa shape index (κ2) is 8.88. The quantitative estimate of drug-likeness (QED) is 0.730. The standard InChI is InChI=1S/C17H24Cl2N2O2/c18-13-7-6-12(14(19)9-13)10-21-17(23)16(22)15(20)8-11-4-2-1-3-5-11/h6-7,9,11,15-16,22H,1-5,8,10,20H2,(H,21,23). The molecule has 1 fully saturated rings. The molecule has 0 aromatic heterocycles. The summed E-state index contributed by atoms with van der Waals surface area (Å²) in [6.07, 6.45) is 5.49. The van der Waals surface area contributed by atoms with Gasteiger partial charge in [-0.25, -0.2) is 0 Å². The second-order valence-electron chi connectivity index (χ2n) is 6.30. The minimum atomic E-state index is -1.19. The van der Waals surface area contributed by atoms with Gasteiger partial charge in [0, 0.05) is 22.6 Å². The van der Waals surface area contributed by atoms with Crippen molar-refractivity contribution in [3.63, 3.8) is 0 Å². The monoisotopic (exact) mass is 358 g/mol. The van der Waals surface area contributed by atoms with Gasteiger partial charge in [0.25, 0.3) is 5.91 Å². The number of carbonyl (C=O) groups excluding carboxylic acids is 1. The van der Waals surface area contributed by atoms with E-state index in [9.17, 15) is 9.90 Å². The predicted molar refractivity (Wildman–Crippen MR) is 93.5 cm³/mol. The van der Waals surface area contributed by atoms with Crippen molar-refractivity contribution < 1.29 is 9.90 Å². The van der Waals surface area contributed by atoms with Crippen molar-refractivity contribution in [3.05, 3.63) is 33.8 Å². The van der Waals surface area contributed by atoms with Crippen LogP contribution in [0, 0.1) is 5.92 Å². The number of amides is 1. The van der Waals surface area contributed by atoms with Crippen molar-refractivity contribution in [2.24, 2.45) is 11.7 Å². The number of carbonyl (C=O) groups is 1. The average molecular weight is 359 g/mol. The number of aliphatic hydroxyl groups is 1. The van der Waals surface area contributed by atoms with Crippen LogP contribution in [-0.2, 0) is 11.3 Å². The molecule has 2 atom stereocenters. The summed E-state index contributed by atoms with van der Waals surface area (Å²) in [4.78, 5) is 12.1. The number of nitrogens with two attached hydrogens (primary N) is 1. The Morgan fingerprint density at radius 1 is 1.30 bits per heavy atom. The first-order valence-electron chi connectivity index (χ1n) is 8.12. The molecule has 1 amide bonds. The Morgan fingerprint density at radius 3 is 2.65 bits per heavy atom. The number of nitrogens with one attached hydrogen (secondary N) is 1. The Bertz CT molecular complexity index is 533. The molecule has 0 spiro atoms. The molecule has 0 radical (unpaired) electrons. The molecule has 4 nitrogen and oxygen atoms in total. The van der Waals surface area contributed by atoms with Gasteiger partial charge < -0.3 is 16.2 Å². The summed E-state index contributed by atoms with van der Waals surface area (Å²) in [7, 11) is 0. The molecule has 4 N–H and O–H groups in total. The highest BCUT2D eigenvalue weighted by Crippen LogP contribution is 2.27. The predicted octanol–water partition coefficient (Wildman–Crippen LogP) is 3.27. The van der Waals surface area contributed by atoms with E-state index in [-0.39, 0.29) is 6.54 Å². The van der Waals surface area contributed by atoms with Crippen LogP contribution < -0.4 is 11.1 Å². The Morgan fingerprint density at radius 2 is 2.00 bits per heavy atom. The topological polar surface area (TPSA) is 75.3 Å². The zero-order valence-electron chi connectivity index (χ0n) is 13.1. The summed E-state index contributed by atoms with van der Waals surface area (Å²) in [6.45, 7) is 0.238. The first-order chi connectivity index (χ1) is 11.0. The number of benzene rings is 1. The molecule has 6 heteroatoms. The van der Waals surface area contributed by atoms with Crippen molar-refractivity contribution >= 4 is 29.1 Å². The fraction of sp³-hybridized carbons (Fsp3) is 0.588. The molecule has 0 aliphatic heterocycles. The number of hydrogen-bond acceptors (Lipinski definition) is 3. The number of rotatable bonds is 6. The maximum absolute atomic E-state index is 12.1. The highest BCUT2D eigenvalue weighted by Gasteiger charge is 2.26. The van der Waals surface area contributed by atoms with Crippen molar-refractivity contribution in [3.8, 4) is 0 Å². The van der Waals surface area contributed by atoms with Crippen molar-refractivity contribution in [1.82, 2.24) is 5.32 Å². The van der Waals surface area contributed by atoms with Crippen molar-refractivity contribution in [1.29, 1.82) is 0 Å². The summed E-state index contributed by atoms with van der Waals surface area (Å²) in [6, 6.07) is 4.55. The maximum Gasteiger partial charge on any atom is 0.250 e. The zero-order valence-corrected chi connectivity index (χ0v) is 14.6. The molecule has 2 rings (SSSR count). The fourth-order valence-corrected chi connectivity index (χ4v) is 3.56. The number of aliphatic hydroxyl groups excluding tert-OH is 1. The van der Waals surface area contributed by atoms with E-state index in [0.717, 1.165) is 18.4 Å². The summed E-state index contributed by atoms with van der Waals surface area (Å²) in [5.41, 5.74) is 6.76. The third-order valence-electron chi connectivity index (χ3n) is 4.47. The second-order valence-corrected chi connectivity index (χ2v) is 7.15. The van der Waals surface area contributed by atoms with E-state index in [4.69, 9.17) is 28.9 Å². The molecular formula is C17H24Cl2N2O2. The zero-order chi connectivity index (χ0) is 16.8. The first-order valence-corrected chi connectivity index (χ1v) is 8.88. The Kier molecular flexibility index (Phi) is 7.15. The van der Waals surface area contributed by atoms with Gasteiger partial charge in [0.2, 0.25) is 0 Å². The van der Waals surface area contributed by atoms with E-state index in [0.29, 0.717) is 22.4 Å². The molecule has 1 aromatic carbocycles. The first kappa shape index (κ1) is 18.5. The van der Waals surface area contributed by atoms with E-state index >= 15 is 0 Å². The summed E-state index contributed by atoms with van der Waals surface area (Å²) in [5.74, 6) is 0.0613. The van der Waals surface area contributed by atoms with Crippen LogP contribution in [0.2, 0.25) is 10.0 Å². The minimum Gasteiger partial charge on any atom is -0.382 e. The Balaban J connectivity index is 1.81. The van der Waals surface area contributed by atoms with E-state index in [1.807, 2.05) is 0 Å². The highest BCUT2D eigenvalue weighted by molar-refractivity contribution is 6.35. The molecule has 1 saturated carbocycles. The molecule has 128 valence electrons. The van der Waals surface area contributed by atoms with E-state index < -0.39 is 18.1 Å². The molecular weight excluding hydrogens is 335 g/mol. The molecule has 0 heterocycles. The van der Waals surface area contributed by atoms with Crippen LogP contribution in [0.4, 0.5) is 0 Å². The highest BCUT2D eigenvalue weighted by atomic mass is 35.5. The van der Waals surface area contributed by atoms with Gasteiger partial charge in [-0.1, -0.05) is 61.4 Å². The molecule has 1 aliphatic carbocycles. The van der Waals surface area contributed by atoms with E-state index in [1.165, 1.54) is 19.3 Å². The number of halogens is 2. The molecule has 1 aromatic rings. The molecule has 0 saturated heterocycles. The minimum absolute atomic E-state index is 0.238. The Labute approximate surface area is 147 Å². The van der Waals surface area contributed by atoms with Gasteiger partial charge in [0.05, 0.1) is 0 Å². The number of hydrogen-bond donors (Lipinski definition) is 3. The van der Waals surface area contributed by atoms with Crippen LogP contribution in [0.25, 0.3) is 0 Å². The van der Waals surface area contributed by atoms with Crippen molar-refractivity contribution in [2.75, 3.05) is 0 Å². The van der Waals surface area contributed by atoms with Crippen LogP contribution >= 0.6 is 23.2 Å². The lowest BCUT2D eigenvalue weighted by atomic mass is 9.84. The van der Waals surface area contributed by atoms with Gasteiger partial charge in [-0.05, 0) is 30.0 Å². The molecule has 0 bridgehead atoms. The lowest BCUT2D eigenvalue weighted by Crippen LogP contribution is -2.47. The molecule has 1 aliphatic rings. The van der Waals surface area contributed by atoms with Crippen molar-refractivity contribution in [2.45, 2.75) is 57.2 Å². The van der Waals surface area contributed by atoms with Crippen LogP contribution in [0.3, 0.4) is 0 Å². The van der Waals surface area contributed by atoms with E-state index in [2.05, 4.69) is 5.32 Å². The summed E-state index contributed by atoms with van der Waals surface area (Å²) in [5, 5.41) is 13.8. The summed E-state index contributed by atoms with van der Waals surface area (Å²) >= 11 is 11.9. The van der Waals surface area contributed by atoms with Gasteiger partial charge >= 0.3 is 0 Å². The van der Waals surface area contributed by atoms with Crippen LogP contribution in [0.1, 0.15) is 44.1 Å². The van der Waals surface area contributed by atoms with Gasteiger partial charge in [-0.15, -0.1) is 0 Å². The third-order valence-corrected chi connectivity index (χ3v) is 5.06. The van der Waals surface area contributed by atoms with Gasteiger partial charge in [0.1, 0.15) is 6.10 Å². The fourth-order valence-electron chi connectivity index (χ4n) is 3.08. The summed E-state index contributed by atoms with van der Waals surface area (Å²) < 4.78 is 0. The van der Waals surface area contributed by atoms with Gasteiger partial charge in [-0.2, -0.15) is 0 Å². The van der Waals surface area contributed by atoms with E-state index in [1.54, 1.807) is 18.2 Å². The maximum atomic E-state index is 12.1. The Hall–Kier alpha value is -0.810. The van der Waals surface area contributed by atoms with Crippen LogP contribution in [0.15, 0.2) is 18.2 Å². The SMILES string of the molecule is NC(CC1CCCCC1)C(O)C(=O)NCc1ccc(Cl)cc1Cl. The van der Waals surface area contributed by atoms with Gasteiger partial charge in [0.15, 0.2) is 0 Å². The lowest BCUT2D eigenvalue weighted by Gasteiger charge is -2.26. The van der Waals surface area contributed by atoms with Gasteiger partial charge in [-0.3, -0.25) is 4.79 Å². The van der Waals surface area contributed by atoms with Crippen LogP contribution in [-0.4, -0.2) is 23.2 Å². The largest absolute Gasteiger partial charge is 0.382 e. The van der Waals surface area contributed by atoms with Crippen LogP contribution in [0.5, 0.6) is 0 Å².